The van der Waals surface area contributed by atoms with Crippen LogP contribution in [-0.2, 0) is 10.2 Å². The number of hydrogen-bond donors (Lipinski definition) is 0. The van der Waals surface area contributed by atoms with Crippen LogP contribution < -0.4 is 0 Å². The maximum absolute atomic E-state index is 13.5. The van der Waals surface area contributed by atoms with E-state index in [1.54, 1.807) is 24.3 Å². The van der Waals surface area contributed by atoms with Gasteiger partial charge in [0, 0.05) is 0 Å². The number of benzene rings is 1. The molecule has 0 aliphatic heterocycles. The van der Waals surface area contributed by atoms with Crippen molar-refractivity contribution in [3.8, 4) is 0 Å². The van der Waals surface area contributed by atoms with E-state index in [4.69, 9.17) is 0 Å². The van der Waals surface area contributed by atoms with Gasteiger partial charge in [-0.15, -0.1) is 3.89 Å². The van der Waals surface area contributed by atoms with Crippen LogP contribution in [0.5, 0.6) is 0 Å². The lowest BCUT2D eigenvalue weighted by atomic mass is 9.84. The van der Waals surface area contributed by atoms with Gasteiger partial charge in [0.25, 0.3) is 0 Å². The van der Waals surface area contributed by atoms with Crippen LogP contribution in [0.1, 0.15) is 42.9 Å². The Morgan fingerprint density at radius 1 is 1.06 bits per heavy atom. The van der Waals surface area contributed by atoms with E-state index < -0.39 is 15.5 Å². The van der Waals surface area contributed by atoms with Gasteiger partial charge < -0.3 is 0 Å². The largest absolute Gasteiger partial charge is 0.309 e. The van der Waals surface area contributed by atoms with E-state index in [-0.39, 0.29) is 5.92 Å². The predicted octanol–water partition coefficient (Wildman–Crippen LogP) is 3.61. The molecule has 1 aliphatic carbocycles. The monoisotopic (exact) mass is 256 g/mol. The van der Waals surface area contributed by atoms with Gasteiger partial charge in [-0.1, -0.05) is 49.6 Å². The van der Waals surface area contributed by atoms with Crippen molar-refractivity contribution in [3.05, 3.63) is 35.9 Å². The van der Waals surface area contributed by atoms with Crippen molar-refractivity contribution in [2.75, 3.05) is 0 Å². The molecule has 1 aliphatic rings. The standard InChI is InChI=1S/C13H17FO2S/c14-17(15,16)13(11-7-3-1-4-8-11)12-9-5-2-6-10-12/h1,3-4,7-8,12-13H,2,5-6,9-10H2. The van der Waals surface area contributed by atoms with Crippen molar-refractivity contribution < 1.29 is 12.3 Å². The van der Waals surface area contributed by atoms with E-state index in [9.17, 15) is 12.3 Å². The van der Waals surface area contributed by atoms with Crippen molar-refractivity contribution in [1.82, 2.24) is 0 Å². The second-order valence-corrected chi connectivity index (χ2v) is 6.16. The minimum Gasteiger partial charge on any atom is -0.194 e. The van der Waals surface area contributed by atoms with E-state index in [0.29, 0.717) is 5.56 Å². The average molecular weight is 256 g/mol. The predicted molar refractivity (Wildman–Crippen MR) is 65.8 cm³/mol. The fourth-order valence-corrected chi connectivity index (χ4v) is 3.96. The Kier molecular flexibility index (Phi) is 3.82. The van der Waals surface area contributed by atoms with E-state index in [2.05, 4.69) is 0 Å². The molecule has 1 aromatic carbocycles. The van der Waals surface area contributed by atoms with Gasteiger partial charge in [-0.25, -0.2) is 0 Å². The highest BCUT2D eigenvalue weighted by Gasteiger charge is 2.35. The molecule has 0 amide bonds. The third kappa shape index (κ3) is 3.06. The topological polar surface area (TPSA) is 34.1 Å². The van der Waals surface area contributed by atoms with Crippen LogP contribution in [-0.4, -0.2) is 8.42 Å². The van der Waals surface area contributed by atoms with Crippen molar-refractivity contribution in [2.24, 2.45) is 5.92 Å². The molecular formula is C13H17FO2S. The number of rotatable bonds is 3. The van der Waals surface area contributed by atoms with Crippen LogP contribution >= 0.6 is 0 Å². The van der Waals surface area contributed by atoms with Crippen LogP contribution in [0.2, 0.25) is 0 Å². The summed E-state index contributed by atoms with van der Waals surface area (Å²) in [6.07, 6.45) is 4.75. The molecule has 0 bridgehead atoms. The maximum atomic E-state index is 13.5. The first-order valence-corrected chi connectivity index (χ1v) is 7.52. The van der Waals surface area contributed by atoms with Crippen LogP contribution in [0.15, 0.2) is 30.3 Å². The lowest BCUT2D eigenvalue weighted by Gasteiger charge is -2.27. The molecule has 1 atom stereocenters. The molecule has 1 saturated carbocycles. The minimum atomic E-state index is -4.52. The molecule has 0 aromatic heterocycles. The van der Waals surface area contributed by atoms with E-state index in [1.165, 1.54) is 0 Å². The smallest absolute Gasteiger partial charge is 0.194 e. The van der Waals surface area contributed by atoms with E-state index in [1.807, 2.05) is 6.07 Å². The van der Waals surface area contributed by atoms with Crippen molar-refractivity contribution >= 4 is 10.2 Å². The average Bonchev–Trinajstić information content (AvgIpc) is 2.30. The van der Waals surface area contributed by atoms with Crippen LogP contribution in [0.4, 0.5) is 3.89 Å². The molecule has 2 nitrogen and oxygen atoms in total. The summed E-state index contributed by atoms with van der Waals surface area (Å²) in [7, 11) is -4.52. The summed E-state index contributed by atoms with van der Waals surface area (Å²) >= 11 is 0. The molecule has 2 rings (SSSR count). The van der Waals surface area contributed by atoms with Gasteiger partial charge in [0.2, 0.25) is 0 Å². The third-order valence-corrected chi connectivity index (χ3v) is 4.77. The summed E-state index contributed by atoms with van der Waals surface area (Å²) in [5.41, 5.74) is 0.585. The molecular weight excluding hydrogens is 239 g/mol. The van der Waals surface area contributed by atoms with Crippen molar-refractivity contribution in [3.63, 3.8) is 0 Å². The summed E-state index contributed by atoms with van der Waals surface area (Å²) < 4.78 is 36.2. The Morgan fingerprint density at radius 2 is 1.65 bits per heavy atom. The molecule has 1 unspecified atom stereocenters. The number of halogens is 1. The van der Waals surface area contributed by atoms with E-state index >= 15 is 0 Å². The number of hydrogen-bond acceptors (Lipinski definition) is 2. The summed E-state index contributed by atoms with van der Waals surface area (Å²) in [6.45, 7) is 0. The third-order valence-electron chi connectivity index (χ3n) is 3.51. The quantitative estimate of drug-likeness (QED) is 0.774. The second kappa shape index (κ2) is 5.17. The lowest BCUT2D eigenvalue weighted by Crippen LogP contribution is -2.21. The lowest BCUT2D eigenvalue weighted by molar-refractivity contribution is 0.337. The van der Waals surface area contributed by atoms with Crippen LogP contribution in [0, 0.1) is 5.92 Å². The van der Waals surface area contributed by atoms with Crippen LogP contribution in [0.3, 0.4) is 0 Å². The molecule has 1 aromatic rings. The zero-order chi connectivity index (χ0) is 12.3. The van der Waals surface area contributed by atoms with E-state index in [0.717, 1.165) is 32.1 Å². The SMILES string of the molecule is O=S(=O)(F)C(c1ccccc1)C1CCCCC1. The highest BCUT2D eigenvalue weighted by molar-refractivity contribution is 7.86. The van der Waals surface area contributed by atoms with Crippen LogP contribution in [0.25, 0.3) is 0 Å². The molecule has 0 spiro atoms. The molecule has 94 valence electrons. The summed E-state index contributed by atoms with van der Waals surface area (Å²) in [5.74, 6) is -0.0684. The molecule has 1 fully saturated rings. The van der Waals surface area contributed by atoms with Gasteiger partial charge in [0.1, 0.15) is 5.25 Å². The fraction of sp³-hybridized carbons (Fsp3) is 0.538. The molecule has 0 saturated heterocycles. The molecule has 0 radical (unpaired) electrons. The van der Waals surface area contributed by atoms with Gasteiger partial charge in [0.05, 0.1) is 0 Å². The fourth-order valence-electron chi connectivity index (χ4n) is 2.74. The first-order chi connectivity index (χ1) is 8.09. The molecule has 4 heteroatoms. The highest BCUT2D eigenvalue weighted by atomic mass is 32.3. The normalized spacial score (nSPS) is 20.1. The zero-order valence-corrected chi connectivity index (χ0v) is 10.5. The van der Waals surface area contributed by atoms with Gasteiger partial charge in [-0.2, -0.15) is 8.42 Å². The van der Waals surface area contributed by atoms with Gasteiger partial charge >= 0.3 is 10.2 Å². The molecule has 17 heavy (non-hydrogen) atoms. The first-order valence-electron chi connectivity index (χ1n) is 6.07. The second-order valence-electron chi connectivity index (χ2n) is 4.70. The Balaban J connectivity index is 2.32. The van der Waals surface area contributed by atoms with Gasteiger partial charge in [-0.3, -0.25) is 0 Å². The van der Waals surface area contributed by atoms with Gasteiger partial charge in [-0.05, 0) is 24.3 Å². The molecule has 0 N–H and O–H groups in total. The summed E-state index contributed by atoms with van der Waals surface area (Å²) in [5, 5.41) is -0.969. The van der Waals surface area contributed by atoms with Crippen molar-refractivity contribution in [2.45, 2.75) is 37.4 Å². The maximum Gasteiger partial charge on any atom is 0.309 e. The summed E-state index contributed by atoms with van der Waals surface area (Å²) in [4.78, 5) is 0. The van der Waals surface area contributed by atoms with Crippen molar-refractivity contribution in [1.29, 1.82) is 0 Å². The minimum absolute atomic E-state index is 0.0684. The Hall–Kier alpha value is -0.900. The summed E-state index contributed by atoms with van der Waals surface area (Å²) in [6, 6.07) is 8.74. The highest BCUT2D eigenvalue weighted by Crippen LogP contribution is 2.40. The zero-order valence-electron chi connectivity index (χ0n) is 9.68. The Labute approximate surface area is 102 Å². The Bertz CT molecular complexity index is 450. The molecule has 0 heterocycles. The Morgan fingerprint density at radius 3 is 2.18 bits per heavy atom. The first kappa shape index (κ1) is 12.6. The van der Waals surface area contributed by atoms with Gasteiger partial charge in [0.15, 0.2) is 0 Å².